The van der Waals surface area contributed by atoms with E-state index in [1.165, 1.54) is 11.0 Å². The van der Waals surface area contributed by atoms with E-state index in [0.717, 1.165) is 19.5 Å². The van der Waals surface area contributed by atoms with Crippen molar-refractivity contribution in [1.29, 1.82) is 0 Å². The standard InChI is InChI=1S/C25H28ClN3O7/c1-28(2)19-13-7-10-6-12-16(14(30)8-11(18(12)26)9-29-4-3-5-29)20(31)15(10)22(33)25(13,36)23(34)17(21(19)32)24(27)35/h8,10,13,15,17,19,30,36H,3-7,9H2,1-2H3,(H2,27,35)/t10-,13-,15?,17?,19-,25-/m0/s1. The van der Waals surface area contributed by atoms with E-state index in [-0.39, 0.29) is 24.2 Å². The number of phenolic OH excluding ortho intramolecular Hbond substituents is 1. The Morgan fingerprint density at radius 1 is 1.22 bits per heavy atom. The molecule has 192 valence electrons. The highest BCUT2D eigenvalue weighted by atomic mass is 35.5. The molecule has 1 heterocycles. The summed E-state index contributed by atoms with van der Waals surface area (Å²) in [4.78, 5) is 69.3. The summed E-state index contributed by atoms with van der Waals surface area (Å²) < 4.78 is 0. The van der Waals surface area contributed by atoms with Crippen LogP contribution in [0.2, 0.25) is 5.02 Å². The van der Waals surface area contributed by atoms with Gasteiger partial charge in [0.15, 0.2) is 34.7 Å². The summed E-state index contributed by atoms with van der Waals surface area (Å²) in [6.07, 6.45) is 1.23. The van der Waals surface area contributed by atoms with Crippen molar-refractivity contribution in [2.24, 2.45) is 29.4 Å². The Balaban J connectivity index is 1.60. The Morgan fingerprint density at radius 2 is 1.89 bits per heavy atom. The van der Waals surface area contributed by atoms with Crippen molar-refractivity contribution in [2.45, 2.75) is 37.5 Å². The lowest BCUT2D eigenvalue weighted by atomic mass is 9.52. The first-order valence-corrected chi connectivity index (χ1v) is 12.4. The van der Waals surface area contributed by atoms with Crippen LogP contribution in [0.4, 0.5) is 0 Å². The fraction of sp³-hybridized carbons (Fsp3) is 0.560. The number of rotatable bonds is 4. The van der Waals surface area contributed by atoms with Crippen LogP contribution in [0, 0.1) is 23.7 Å². The van der Waals surface area contributed by atoms with Gasteiger partial charge in [-0.1, -0.05) is 11.6 Å². The molecule has 4 N–H and O–H groups in total. The number of ketones is 4. The van der Waals surface area contributed by atoms with Gasteiger partial charge in [0.05, 0.1) is 17.5 Å². The number of Topliss-reactive ketones (excluding diaryl/α,β-unsaturated/α-hetero) is 4. The number of halogens is 1. The summed E-state index contributed by atoms with van der Waals surface area (Å²) >= 11 is 6.71. The molecule has 1 aromatic rings. The number of carbonyl (C=O) groups is 5. The number of carbonyl (C=O) groups excluding carboxylic acids is 5. The van der Waals surface area contributed by atoms with Crippen molar-refractivity contribution in [2.75, 3.05) is 27.2 Å². The number of nitrogens with zero attached hydrogens (tertiary/aromatic N) is 2. The van der Waals surface area contributed by atoms with Crippen LogP contribution in [0.15, 0.2) is 6.07 Å². The second-order valence-corrected chi connectivity index (χ2v) is 11.0. The minimum atomic E-state index is -2.73. The predicted octanol–water partition coefficient (Wildman–Crippen LogP) is -0.274. The van der Waals surface area contributed by atoms with Gasteiger partial charge in [0.2, 0.25) is 5.91 Å². The second kappa shape index (κ2) is 8.44. The Morgan fingerprint density at radius 3 is 2.44 bits per heavy atom. The van der Waals surface area contributed by atoms with Crippen LogP contribution in [0.1, 0.15) is 34.3 Å². The molecule has 1 saturated heterocycles. The van der Waals surface area contributed by atoms with E-state index in [2.05, 4.69) is 4.90 Å². The number of amides is 1. The van der Waals surface area contributed by atoms with Gasteiger partial charge in [-0.05, 0) is 69.6 Å². The zero-order valence-corrected chi connectivity index (χ0v) is 20.7. The maximum Gasteiger partial charge on any atom is 0.235 e. The summed E-state index contributed by atoms with van der Waals surface area (Å²) in [6.45, 7) is 2.34. The molecule has 4 aliphatic rings. The quantitative estimate of drug-likeness (QED) is 0.457. The summed E-state index contributed by atoms with van der Waals surface area (Å²) in [5, 5.41) is 22.7. The van der Waals surface area contributed by atoms with Gasteiger partial charge in [0.25, 0.3) is 0 Å². The molecule has 3 aliphatic carbocycles. The average Bonchev–Trinajstić information content (AvgIpc) is 2.75. The molecule has 0 spiro atoms. The lowest BCUT2D eigenvalue weighted by Crippen LogP contribution is -2.74. The molecular formula is C25H28ClN3O7. The maximum absolute atomic E-state index is 13.7. The van der Waals surface area contributed by atoms with Crippen LogP contribution in [-0.2, 0) is 32.1 Å². The minimum absolute atomic E-state index is 0.00264. The number of phenols is 1. The molecule has 6 atom stereocenters. The number of likely N-dealkylation sites (N-methyl/N-ethyl adjacent to an activating group) is 1. The fourth-order valence-electron chi connectivity index (χ4n) is 6.60. The third-order valence-corrected chi connectivity index (χ3v) is 8.88. The normalized spacial score (nSPS) is 34.2. The molecule has 0 bridgehead atoms. The molecule has 0 radical (unpaired) electrons. The smallest absolute Gasteiger partial charge is 0.235 e. The van der Waals surface area contributed by atoms with Gasteiger partial charge in [-0.15, -0.1) is 0 Å². The Bertz CT molecular complexity index is 1230. The Hall–Kier alpha value is -2.66. The monoisotopic (exact) mass is 517 g/mol. The SMILES string of the molecule is CN(C)[C@@H]1C(=O)C(C(N)=O)C(=O)[C@@]2(O)C(=O)C3C(=O)c4c(O)cc(CN5CCC5)c(Cl)c4C[C@H]3C[C@@H]12. The van der Waals surface area contributed by atoms with E-state index in [9.17, 15) is 34.2 Å². The highest BCUT2D eigenvalue weighted by Crippen LogP contribution is 2.51. The van der Waals surface area contributed by atoms with Crippen molar-refractivity contribution in [1.82, 2.24) is 9.80 Å². The van der Waals surface area contributed by atoms with E-state index < -0.39 is 64.4 Å². The number of aliphatic hydroxyl groups is 1. The van der Waals surface area contributed by atoms with Crippen LogP contribution in [-0.4, -0.2) is 87.9 Å². The van der Waals surface area contributed by atoms with Crippen LogP contribution >= 0.6 is 11.6 Å². The topological polar surface area (TPSA) is 158 Å². The van der Waals surface area contributed by atoms with Gasteiger partial charge < -0.3 is 15.9 Å². The number of nitrogens with two attached hydrogens (primary N) is 1. The first-order valence-electron chi connectivity index (χ1n) is 12.0. The van der Waals surface area contributed by atoms with Crippen LogP contribution in [0.3, 0.4) is 0 Å². The largest absolute Gasteiger partial charge is 0.507 e. The van der Waals surface area contributed by atoms with E-state index in [0.29, 0.717) is 22.7 Å². The zero-order chi connectivity index (χ0) is 26.3. The Labute approximate surface area is 212 Å². The maximum atomic E-state index is 13.7. The number of primary amides is 1. The van der Waals surface area contributed by atoms with E-state index >= 15 is 0 Å². The molecule has 3 fully saturated rings. The average molecular weight is 518 g/mol. The van der Waals surface area contributed by atoms with Gasteiger partial charge >= 0.3 is 0 Å². The first-order chi connectivity index (χ1) is 16.9. The summed E-state index contributed by atoms with van der Waals surface area (Å²) in [5.41, 5.74) is 3.61. The lowest BCUT2D eigenvalue weighted by Gasteiger charge is -2.52. The van der Waals surface area contributed by atoms with Crippen LogP contribution in [0.5, 0.6) is 5.75 Å². The summed E-state index contributed by atoms with van der Waals surface area (Å²) in [6, 6.07) is 0.297. The molecule has 5 rings (SSSR count). The number of likely N-dealkylation sites (tertiary alicyclic amines) is 1. The van der Waals surface area contributed by atoms with Crippen LogP contribution in [0.25, 0.3) is 0 Å². The van der Waals surface area contributed by atoms with Crippen molar-refractivity contribution in [3.05, 3.63) is 27.8 Å². The van der Waals surface area contributed by atoms with Gasteiger partial charge in [-0.3, -0.25) is 33.8 Å². The van der Waals surface area contributed by atoms with E-state index in [1.54, 1.807) is 14.1 Å². The van der Waals surface area contributed by atoms with Crippen molar-refractivity contribution >= 4 is 40.6 Å². The summed E-state index contributed by atoms with van der Waals surface area (Å²) in [7, 11) is 3.09. The third-order valence-electron chi connectivity index (χ3n) is 8.41. The predicted molar refractivity (Wildman–Crippen MR) is 126 cm³/mol. The third kappa shape index (κ3) is 3.31. The highest BCUT2D eigenvalue weighted by Gasteiger charge is 2.69. The molecule has 1 aromatic carbocycles. The number of hydrogen-bond donors (Lipinski definition) is 3. The van der Waals surface area contributed by atoms with E-state index in [4.69, 9.17) is 17.3 Å². The number of benzene rings is 1. The fourth-order valence-corrected chi connectivity index (χ4v) is 6.89. The molecule has 36 heavy (non-hydrogen) atoms. The molecule has 10 nitrogen and oxygen atoms in total. The number of fused-ring (bicyclic) bond motifs is 3. The molecular weight excluding hydrogens is 490 g/mol. The molecule has 2 saturated carbocycles. The van der Waals surface area contributed by atoms with Crippen LogP contribution < -0.4 is 5.73 Å². The van der Waals surface area contributed by atoms with Gasteiger partial charge in [-0.2, -0.15) is 0 Å². The molecule has 0 aromatic heterocycles. The zero-order valence-electron chi connectivity index (χ0n) is 20.0. The molecule has 1 amide bonds. The number of hydrogen-bond acceptors (Lipinski definition) is 9. The molecule has 1 aliphatic heterocycles. The van der Waals surface area contributed by atoms with Gasteiger partial charge in [0.1, 0.15) is 5.75 Å². The molecule has 11 heteroatoms. The van der Waals surface area contributed by atoms with E-state index in [1.807, 2.05) is 0 Å². The van der Waals surface area contributed by atoms with Crippen molar-refractivity contribution in [3.8, 4) is 5.75 Å². The molecule has 2 unspecified atom stereocenters. The summed E-state index contributed by atoms with van der Waals surface area (Å²) in [5.74, 6) is -10.6. The number of aromatic hydroxyl groups is 1. The Kier molecular flexibility index (Phi) is 5.86. The first kappa shape index (κ1) is 25.0. The van der Waals surface area contributed by atoms with Crippen molar-refractivity contribution < 1.29 is 34.2 Å². The van der Waals surface area contributed by atoms with Gasteiger partial charge in [-0.25, -0.2) is 0 Å². The minimum Gasteiger partial charge on any atom is -0.507 e. The lowest BCUT2D eigenvalue weighted by molar-refractivity contribution is -0.181. The highest BCUT2D eigenvalue weighted by molar-refractivity contribution is 6.34. The van der Waals surface area contributed by atoms with Gasteiger partial charge in [0, 0.05) is 17.5 Å². The van der Waals surface area contributed by atoms with Crippen molar-refractivity contribution in [3.63, 3.8) is 0 Å². The second-order valence-electron chi connectivity index (χ2n) is 10.6.